The predicted octanol–water partition coefficient (Wildman–Crippen LogP) is 4.89. The van der Waals surface area contributed by atoms with Gasteiger partial charge < -0.3 is 9.80 Å². The summed E-state index contributed by atoms with van der Waals surface area (Å²) in [4.78, 5) is 25.9. The van der Waals surface area contributed by atoms with E-state index in [0.29, 0.717) is 28.2 Å². The smallest absolute Gasteiger partial charge is 0.260 e. The van der Waals surface area contributed by atoms with E-state index in [1.807, 2.05) is 0 Å². The Morgan fingerprint density at radius 2 is 1.59 bits per heavy atom. The molecule has 3 heterocycles. The molecule has 3 fully saturated rings. The third-order valence-corrected chi connectivity index (χ3v) is 10.2. The fourth-order valence-corrected chi connectivity index (χ4v) is 5.82. The first-order valence-corrected chi connectivity index (χ1v) is 14.9. The molecule has 1 saturated carbocycles. The van der Waals surface area contributed by atoms with Gasteiger partial charge in [-0.15, -0.1) is 0 Å². The van der Waals surface area contributed by atoms with E-state index in [4.69, 9.17) is 0 Å². The first-order valence-electron chi connectivity index (χ1n) is 13.4. The molecule has 1 aromatic carbocycles. The lowest BCUT2D eigenvalue weighted by molar-refractivity contribution is -0.0221. The van der Waals surface area contributed by atoms with E-state index in [1.54, 1.807) is 49.9 Å². The van der Waals surface area contributed by atoms with Crippen molar-refractivity contribution in [2.45, 2.75) is 70.0 Å². The molecule has 0 unspecified atom stereocenters. The molecule has 2 aliphatic heterocycles. The van der Waals surface area contributed by atoms with Gasteiger partial charge in [0.15, 0.2) is 0 Å². The summed E-state index contributed by atoms with van der Waals surface area (Å²) in [5, 5.41) is 2.75. The molecule has 212 valence electrons. The van der Waals surface area contributed by atoms with Crippen LogP contribution in [-0.4, -0.2) is 61.1 Å². The Hall–Kier alpha value is -3.02. The number of amides is 1. The molecular formula is C27H36F2N6O3S. The largest absolute Gasteiger partial charge is 0.371 e. The van der Waals surface area contributed by atoms with Crippen molar-refractivity contribution in [1.82, 2.24) is 9.97 Å². The number of nitrogens with one attached hydrogen (secondary N) is 2. The van der Waals surface area contributed by atoms with E-state index >= 15 is 0 Å². The number of hydrogen-bond donors (Lipinski definition) is 2. The van der Waals surface area contributed by atoms with Gasteiger partial charge in [0, 0.05) is 45.2 Å². The number of anilines is 4. The first kappa shape index (κ1) is 27.5. The lowest BCUT2D eigenvalue weighted by Crippen LogP contribution is -2.39. The predicted molar refractivity (Wildman–Crippen MR) is 148 cm³/mol. The number of carbonyl (C=O) groups is 1. The molecule has 1 spiro atoms. The summed E-state index contributed by atoms with van der Waals surface area (Å²) in [5.74, 6) is -2.54. The Morgan fingerprint density at radius 3 is 2.21 bits per heavy atom. The highest BCUT2D eigenvalue weighted by atomic mass is 32.2. The fourth-order valence-electron chi connectivity index (χ4n) is 5.07. The number of aromatic nitrogens is 2. The summed E-state index contributed by atoms with van der Waals surface area (Å²) < 4.78 is 54.4. The topological polar surface area (TPSA) is 108 Å². The van der Waals surface area contributed by atoms with E-state index < -0.39 is 26.6 Å². The van der Waals surface area contributed by atoms with Gasteiger partial charge >= 0.3 is 0 Å². The Balaban J connectivity index is 1.38. The Bertz CT molecular complexity index is 1340. The van der Waals surface area contributed by atoms with Crippen LogP contribution in [-0.2, 0) is 10.0 Å². The van der Waals surface area contributed by atoms with Gasteiger partial charge in [-0.2, -0.15) is 4.98 Å². The molecule has 1 aromatic heterocycles. The number of benzene rings is 1. The molecule has 39 heavy (non-hydrogen) atoms. The van der Waals surface area contributed by atoms with Crippen LogP contribution in [0.2, 0.25) is 0 Å². The molecule has 1 amide bonds. The van der Waals surface area contributed by atoms with E-state index in [9.17, 15) is 22.0 Å². The van der Waals surface area contributed by atoms with Crippen LogP contribution < -0.4 is 19.8 Å². The van der Waals surface area contributed by atoms with Gasteiger partial charge in [-0.05, 0) is 76.1 Å². The molecule has 2 aromatic rings. The minimum atomic E-state index is -3.65. The molecule has 0 bridgehead atoms. The van der Waals surface area contributed by atoms with Gasteiger partial charge in [-0.1, -0.05) is 0 Å². The number of hydrogen-bond acceptors (Lipinski definition) is 7. The Morgan fingerprint density at radius 1 is 0.949 bits per heavy atom. The second-order valence-corrected chi connectivity index (χ2v) is 14.4. The zero-order valence-electron chi connectivity index (χ0n) is 22.6. The first-order chi connectivity index (χ1) is 18.3. The normalized spacial score (nSPS) is 20.5. The molecule has 9 nitrogen and oxygen atoms in total. The number of halogens is 2. The highest BCUT2D eigenvalue weighted by Crippen LogP contribution is 2.54. The number of piperidine rings is 2. The Labute approximate surface area is 228 Å². The van der Waals surface area contributed by atoms with Crippen molar-refractivity contribution < 1.29 is 22.0 Å². The van der Waals surface area contributed by atoms with Crippen molar-refractivity contribution in [2.75, 3.05) is 46.0 Å². The standard InChI is InChI=1S/C27H36F2N6O3S/c1-25(2,3)39(37,38)33-19-4-5-20(21(18-19)34-14-9-26(7-8-26)10-15-34)23(36)32-24-30-13-6-22(31-24)35-16-11-27(28,29)12-17-35/h4-6,13,18,33H,7-12,14-17H2,1-3H3,(H,30,31,32,36). The average molecular weight is 563 g/mol. The van der Waals surface area contributed by atoms with Crippen molar-refractivity contribution in [1.29, 1.82) is 0 Å². The molecule has 2 saturated heterocycles. The third-order valence-electron chi connectivity index (χ3n) is 8.11. The Kier molecular flexibility index (Phi) is 6.97. The molecule has 12 heteroatoms. The van der Waals surface area contributed by atoms with Gasteiger partial charge in [0.05, 0.1) is 21.7 Å². The molecule has 2 N–H and O–H groups in total. The number of nitrogens with zero attached hydrogens (tertiary/aromatic N) is 4. The van der Waals surface area contributed by atoms with Crippen molar-refractivity contribution in [3.05, 3.63) is 36.0 Å². The second-order valence-electron chi connectivity index (χ2n) is 12.0. The number of rotatable bonds is 6. The molecule has 0 atom stereocenters. The van der Waals surface area contributed by atoms with Gasteiger partial charge in [-0.3, -0.25) is 14.8 Å². The fraction of sp³-hybridized carbons (Fsp3) is 0.593. The summed E-state index contributed by atoms with van der Waals surface area (Å²) in [6.07, 6.45) is 5.55. The minimum Gasteiger partial charge on any atom is -0.371 e. The van der Waals surface area contributed by atoms with Crippen molar-refractivity contribution >= 4 is 39.1 Å². The molecule has 0 radical (unpaired) electrons. The quantitative estimate of drug-likeness (QED) is 0.517. The van der Waals surface area contributed by atoms with Gasteiger partial charge in [0.1, 0.15) is 5.82 Å². The van der Waals surface area contributed by atoms with E-state index in [2.05, 4.69) is 24.9 Å². The van der Waals surface area contributed by atoms with Crippen LogP contribution in [0.3, 0.4) is 0 Å². The van der Waals surface area contributed by atoms with Gasteiger partial charge in [0.25, 0.3) is 11.8 Å². The van der Waals surface area contributed by atoms with Crippen LogP contribution in [0.4, 0.5) is 31.9 Å². The molecule has 3 aliphatic rings. The number of alkyl halides is 2. The summed E-state index contributed by atoms with van der Waals surface area (Å²) in [7, 11) is -3.65. The molecule has 5 rings (SSSR count). The van der Waals surface area contributed by atoms with Crippen LogP contribution in [0.15, 0.2) is 30.5 Å². The zero-order valence-corrected chi connectivity index (χ0v) is 23.5. The monoisotopic (exact) mass is 562 g/mol. The maximum Gasteiger partial charge on any atom is 0.260 e. The van der Waals surface area contributed by atoms with Crippen LogP contribution in [0, 0.1) is 5.41 Å². The maximum absolute atomic E-state index is 13.6. The minimum absolute atomic E-state index is 0.0777. The third kappa shape index (κ3) is 6.10. The summed E-state index contributed by atoms with van der Waals surface area (Å²) >= 11 is 0. The van der Waals surface area contributed by atoms with Gasteiger partial charge in [-0.25, -0.2) is 22.2 Å². The average Bonchev–Trinajstić information content (AvgIpc) is 3.62. The second kappa shape index (κ2) is 9.87. The summed E-state index contributed by atoms with van der Waals surface area (Å²) in [6, 6.07) is 6.55. The highest BCUT2D eigenvalue weighted by molar-refractivity contribution is 7.94. The molecule has 1 aliphatic carbocycles. The van der Waals surface area contributed by atoms with Crippen molar-refractivity contribution in [3.63, 3.8) is 0 Å². The van der Waals surface area contributed by atoms with Crippen molar-refractivity contribution in [3.8, 4) is 0 Å². The zero-order chi connectivity index (χ0) is 28.1. The van der Waals surface area contributed by atoms with Gasteiger partial charge in [0.2, 0.25) is 16.0 Å². The van der Waals surface area contributed by atoms with Crippen LogP contribution in [0.5, 0.6) is 0 Å². The maximum atomic E-state index is 13.6. The highest BCUT2D eigenvalue weighted by Gasteiger charge is 2.44. The SMILES string of the molecule is CC(C)(C)S(=O)(=O)Nc1ccc(C(=O)Nc2nccc(N3CCC(F)(F)CC3)n2)c(N2CCC3(CC2)CC3)c1. The lowest BCUT2D eigenvalue weighted by atomic mass is 9.93. The number of sulfonamides is 1. The van der Waals surface area contributed by atoms with Crippen molar-refractivity contribution in [2.24, 2.45) is 5.41 Å². The summed E-state index contributed by atoms with van der Waals surface area (Å²) in [5.41, 5.74) is 1.85. The molecular weight excluding hydrogens is 526 g/mol. The van der Waals surface area contributed by atoms with Crippen LogP contribution in [0.1, 0.15) is 69.7 Å². The van der Waals surface area contributed by atoms with E-state index in [1.165, 1.54) is 19.0 Å². The lowest BCUT2D eigenvalue weighted by Gasteiger charge is -2.35. The summed E-state index contributed by atoms with van der Waals surface area (Å²) in [6.45, 7) is 6.78. The van der Waals surface area contributed by atoms with Crippen LogP contribution >= 0.6 is 0 Å². The van der Waals surface area contributed by atoms with E-state index in [0.717, 1.165) is 25.9 Å². The van der Waals surface area contributed by atoms with E-state index in [-0.39, 0.29) is 31.9 Å². The number of carbonyl (C=O) groups excluding carboxylic acids is 1. The van der Waals surface area contributed by atoms with Crippen LogP contribution in [0.25, 0.3) is 0 Å².